The quantitative estimate of drug-likeness (QED) is 0.467. The number of likely N-dealkylation sites (tertiary alicyclic amines) is 1. The van der Waals surface area contributed by atoms with Crippen LogP contribution in [0.2, 0.25) is 0 Å². The van der Waals surface area contributed by atoms with Crippen molar-refractivity contribution in [1.82, 2.24) is 15.0 Å². The van der Waals surface area contributed by atoms with Crippen molar-refractivity contribution in [3.8, 4) is 10.4 Å². The van der Waals surface area contributed by atoms with E-state index in [1.807, 2.05) is 33.2 Å². The van der Waals surface area contributed by atoms with E-state index in [1.54, 1.807) is 16.2 Å². The van der Waals surface area contributed by atoms with Crippen molar-refractivity contribution in [1.29, 1.82) is 0 Å². The van der Waals surface area contributed by atoms with Crippen molar-refractivity contribution in [2.24, 2.45) is 11.8 Å². The largest absolute Gasteiger partial charge is 0.383 e. The van der Waals surface area contributed by atoms with E-state index in [0.717, 1.165) is 28.1 Å². The van der Waals surface area contributed by atoms with Crippen LogP contribution < -0.4 is 5.56 Å². The summed E-state index contributed by atoms with van der Waals surface area (Å²) in [5.41, 5.74) is 4.73. The number of nitrogens with one attached hydrogen (secondary N) is 1. The highest BCUT2D eigenvalue weighted by molar-refractivity contribution is 7.13. The first-order valence-corrected chi connectivity index (χ1v) is 13.1. The number of hydrogen-bond donors (Lipinski definition) is 1. The fourth-order valence-electron chi connectivity index (χ4n) is 5.05. The summed E-state index contributed by atoms with van der Waals surface area (Å²) in [4.78, 5) is 46.0. The number of hydrogen-bond acceptors (Lipinski definition) is 6. The van der Waals surface area contributed by atoms with E-state index in [1.165, 1.54) is 6.07 Å². The topological polar surface area (TPSA) is 96.3 Å². The van der Waals surface area contributed by atoms with Gasteiger partial charge in [-0.3, -0.25) is 14.4 Å². The number of benzene rings is 1. The summed E-state index contributed by atoms with van der Waals surface area (Å²) in [5, 5.41) is 2.28. The van der Waals surface area contributed by atoms with Crippen LogP contribution in [0.15, 0.2) is 45.2 Å². The zero-order valence-corrected chi connectivity index (χ0v) is 21.7. The van der Waals surface area contributed by atoms with E-state index in [-0.39, 0.29) is 35.0 Å². The number of aromatic nitrogens is 2. The first-order chi connectivity index (χ1) is 16.7. The molecule has 8 heteroatoms. The van der Waals surface area contributed by atoms with E-state index >= 15 is 0 Å². The molecule has 1 aliphatic heterocycles. The summed E-state index contributed by atoms with van der Waals surface area (Å²) in [6.07, 6.45) is 1.45. The van der Waals surface area contributed by atoms with Gasteiger partial charge in [-0.1, -0.05) is 52.0 Å². The molecule has 1 saturated heterocycles. The lowest BCUT2D eigenvalue weighted by atomic mass is 9.82. The fraction of sp³-hybridized carbons (Fsp3) is 0.481. The Morgan fingerprint density at radius 3 is 2.46 bits per heavy atom. The summed E-state index contributed by atoms with van der Waals surface area (Å²) < 4.78 is 5.28. The van der Waals surface area contributed by atoms with Crippen LogP contribution in [0.4, 0.5) is 0 Å². The van der Waals surface area contributed by atoms with Gasteiger partial charge in [0.25, 0.3) is 5.56 Å². The van der Waals surface area contributed by atoms with Gasteiger partial charge in [-0.2, -0.15) is 5.16 Å². The minimum absolute atomic E-state index is 0.0141. The number of carbonyl (C=O) groups is 2. The third kappa shape index (κ3) is 5.03. The molecule has 4 rings (SSSR count). The van der Waals surface area contributed by atoms with Crippen molar-refractivity contribution in [2.75, 3.05) is 6.54 Å². The molecule has 0 aliphatic carbocycles. The lowest BCUT2D eigenvalue weighted by Gasteiger charge is -2.31. The number of aromatic amines is 1. The third-order valence-corrected chi connectivity index (χ3v) is 8.27. The number of ketones is 1. The number of nitrogens with zero attached hydrogens (tertiary/aromatic N) is 2. The van der Waals surface area contributed by atoms with Crippen LogP contribution in [-0.2, 0) is 9.59 Å². The summed E-state index contributed by atoms with van der Waals surface area (Å²) in [6, 6.07) is 9.23. The number of Topliss-reactive ketones (excluding diaryl/α,β-unsaturated/α-hetero) is 1. The second-order valence-corrected chi connectivity index (χ2v) is 10.7. The monoisotopic (exact) mass is 495 g/mol. The van der Waals surface area contributed by atoms with Crippen molar-refractivity contribution < 1.29 is 14.1 Å². The predicted molar refractivity (Wildman–Crippen MR) is 137 cm³/mol. The minimum Gasteiger partial charge on any atom is -0.383 e. The maximum Gasteiger partial charge on any atom is 0.280 e. The van der Waals surface area contributed by atoms with Crippen LogP contribution in [0.1, 0.15) is 69.4 Å². The van der Waals surface area contributed by atoms with Crippen LogP contribution in [0, 0.1) is 18.8 Å². The first-order valence-electron chi connectivity index (χ1n) is 12.2. The average molecular weight is 496 g/mol. The summed E-state index contributed by atoms with van der Waals surface area (Å²) in [5.74, 6) is -0.641. The maximum absolute atomic E-state index is 13.6. The van der Waals surface area contributed by atoms with Gasteiger partial charge in [-0.15, -0.1) is 11.3 Å². The molecular formula is C27H33N3O4S. The molecule has 0 saturated carbocycles. The minimum atomic E-state index is -0.599. The third-order valence-electron chi connectivity index (χ3n) is 7.29. The van der Waals surface area contributed by atoms with Crippen LogP contribution in [0.25, 0.3) is 10.4 Å². The van der Waals surface area contributed by atoms with E-state index in [2.05, 4.69) is 41.3 Å². The lowest BCUT2D eigenvalue weighted by Crippen LogP contribution is -2.46. The highest BCUT2D eigenvalue weighted by atomic mass is 32.1. The van der Waals surface area contributed by atoms with Crippen LogP contribution in [-0.4, -0.2) is 39.3 Å². The lowest BCUT2D eigenvalue weighted by molar-refractivity contribution is -0.141. The molecule has 0 radical (unpaired) electrons. The molecule has 0 spiro atoms. The fourth-order valence-corrected chi connectivity index (χ4v) is 5.86. The Bertz CT molecular complexity index is 1240. The van der Waals surface area contributed by atoms with Gasteiger partial charge in [0.05, 0.1) is 22.1 Å². The molecule has 1 amide bonds. The maximum atomic E-state index is 13.6. The highest BCUT2D eigenvalue weighted by Gasteiger charge is 2.41. The summed E-state index contributed by atoms with van der Waals surface area (Å²) >= 11 is 1.62. The number of rotatable bonds is 8. The normalized spacial score (nSPS) is 18.6. The Morgan fingerprint density at radius 2 is 1.89 bits per heavy atom. The van der Waals surface area contributed by atoms with Gasteiger partial charge < -0.3 is 9.42 Å². The molecule has 7 nitrogen and oxygen atoms in total. The standard InChI is InChI=1S/C27H33N3O4S/c1-15(2)24(22-13-23(31)29-34-22)27(33)30-12-6-7-21(30)25(32)17(4)16(3)19-8-10-20(11-9-19)26-18(5)28-14-35-26/h8-11,13-17,21,24H,6-7,12H2,1-5H3,(H,29,31)/t16-,17?,21+,24?/m1/s1. The molecule has 1 fully saturated rings. The van der Waals surface area contributed by atoms with E-state index < -0.39 is 12.0 Å². The molecule has 186 valence electrons. The molecule has 3 aromatic rings. The zero-order valence-electron chi connectivity index (χ0n) is 20.9. The molecule has 1 aromatic carbocycles. The van der Waals surface area contributed by atoms with Gasteiger partial charge >= 0.3 is 0 Å². The smallest absolute Gasteiger partial charge is 0.280 e. The number of amides is 1. The molecule has 4 atom stereocenters. The van der Waals surface area contributed by atoms with Gasteiger partial charge in [-0.05, 0) is 42.7 Å². The van der Waals surface area contributed by atoms with Crippen molar-refractivity contribution in [3.63, 3.8) is 0 Å². The molecule has 1 N–H and O–H groups in total. The van der Waals surface area contributed by atoms with Crippen molar-refractivity contribution in [2.45, 2.75) is 65.3 Å². The van der Waals surface area contributed by atoms with E-state index in [9.17, 15) is 14.4 Å². The van der Waals surface area contributed by atoms with E-state index in [4.69, 9.17) is 4.52 Å². The van der Waals surface area contributed by atoms with Crippen molar-refractivity contribution >= 4 is 23.0 Å². The predicted octanol–water partition coefficient (Wildman–Crippen LogP) is 5.14. The number of carbonyl (C=O) groups excluding carboxylic acids is 2. The Hall–Kier alpha value is -3.00. The number of thiazole rings is 1. The number of H-pyrrole nitrogens is 1. The second-order valence-electron chi connectivity index (χ2n) is 9.90. The van der Waals surface area contributed by atoms with Gasteiger partial charge in [0.2, 0.25) is 5.91 Å². The Kier molecular flexibility index (Phi) is 7.40. The molecule has 3 heterocycles. The molecular weight excluding hydrogens is 462 g/mol. The summed E-state index contributed by atoms with van der Waals surface area (Å²) in [7, 11) is 0. The van der Waals surface area contributed by atoms with Crippen LogP contribution in [0.3, 0.4) is 0 Å². The molecule has 1 aliphatic rings. The van der Waals surface area contributed by atoms with Gasteiger partial charge in [-0.25, -0.2) is 4.98 Å². The van der Waals surface area contributed by atoms with Crippen LogP contribution >= 0.6 is 11.3 Å². The van der Waals surface area contributed by atoms with Crippen molar-refractivity contribution in [3.05, 3.63) is 63.2 Å². The Balaban J connectivity index is 1.50. The average Bonchev–Trinajstić information content (AvgIpc) is 3.59. The zero-order chi connectivity index (χ0) is 25.3. The Labute approximate surface area is 209 Å². The highest BCUT2D eigenvalue weighted by Crippen LogP contribution is 2.34. The van der Waals surface area contributed by atoms with Gasteiger partial charge in [0, 0.05) is 18.5 Å². The van der Waals surface area contributed by atoms with Gasteiger partial charge in [0.1, 0.15) is 5.92 Å². The molecule has 35 heavy (non-hydrogen) atoms. The Morgan fingerprint density at radius 1 is 1.17 bits per heavy atom. The molecule has 0 bridgehead atoms. The summed E-state index contributed by atoms with van der Waals surface area (Å²) in [6.45, 7) is 10.4. The van der Waals surface area contributed by atoms with Crippen LogP contribution in [0.5, 0.6) is 0 Å². The number of aryl methyl sites for hydroxylation is 1. The second kappa shape index (κ2) is 10.3. The van der Waals surface area contributed by atoms with E-state index in [0.29, 0.717) is 18.7 Å². The van der Waals surface area contributed by atoms with Gasteiger partial charge in [0.15, 0.2) is 11.5 Å². The molecule has 2 unspecified atom stereocenters. The first kappa shape index (κ1) is 25.1. The SMILES string of the molecule is Cc1ncsc1-c1ccc([C@H](C)C(C)C(=O)[C@@H]2CCCN2C(=O)C(c2cc(=O)[nH]o2)C(C)C)cc1. The molecule has 2 aromatic heterocycles.